The third-order valence-electron chi connectivity index (χ3n) is 4.12. The Morgan fingerprint density at radius 3 is 2.64 bits per heavy atom. The van der Waals surface area contributed by atoms with Crippen LogP contribution in [0, 0.1) is 5.92 Å². The van der Waals surface area contributed by atoms with Crippen molar-refractivity contribution in [2.75, 3.05) is 7.05 Å². The van der Waals surface area contributed by atoms with E-state index in [-0.39, 0.29) is 18.0 Å². The molecule has 1 unspecified atom stereocenters. The first-order valence-electron chi connectivity index (χ1n) is 8.41. The van der Waals surface area contributed by atoms with Crippen LogP contribution in [0.3, 0.4) is 0 Å². The number of fused-ring (bicyclic) bond motifs is 1. The number of nitrogens with zero attached hydrogens (tertiary/aromatic N) is 3. The Kier molecular flexibility index (Phi) is 4.97. The molecule has 25 heavy (non-hydrogen) atoms. The van der Waals surface area contributed by atoms with Crippen molar-refractivity contribution in [2.24, 2.45) is 5.92 Å². The average Bonchev–Trinajstić information content (AvgIpc) is 3.03. The highest BCUT2D eigenvalue weighted by Crippen LogP contribution is 2.22. The Labute approximate surface area is 147 Å². The van der Waals surface area contributed by atoms with E-state index in [1.165, 1.54) is 0 Å². The summed E-state index contributed by atoms with van der Waals surface area (Å²) < 4.78 is 0. The minimum Gasteiger partial charge on any atom is -0.340 e. The van der Waals surface area contributed by atoms with Crippen molar-refractivity contribution >= 4 is 17.1 Å². The van der Waals surface area contributed by atoms with Gasteiger partial charge in [-0.05, 0) is 30.2 Å². The predicted octanol–water partition coefficient (Wildman–Crippen LogP) is 3.50. The van der Waals surface area contributed by atoms with Gasteiger partial charge in [-0.25, -0.2) is 9.78 Å². The van der Waals surface area contributed by atoms with Crippen molar-refractivity contribution in [3.63, 3.8) is 0 Å². The SMILES string of the molecule is CC(C)C(NC(=O)N(C)Cc1ccccn1)c1nc2ccccc2[nH]1. The molecular weight excluding hydrogens is 314 g/mol. The maximum Gasteiger partial charge on any atom is 0.318 e. The van der Waals surface area contributed by atoms with E-state index in [0.29, 0.717) is 6.54 Å². The van der Waals surface area contributed by atoms with Crippen LogP contribution in [-0.2, 0) is 6.54 Å². The fraction of sp³-hybridized carbons (Fsp3) is 0.316. The quantitative estimate of drug-likeness (QED) is 0.748. The lowest BCUT2D eigenvalue weighted by molar-refractivity contribution is 0.197. The Bertz CT molecular complexity index is 810. The number of amides is 2. The maximum atomic E-state index is 12.6. The van der Waals surface area contributed by atoms with Gasteiger partial charge in [0.1, 0.15) is 5.82 Å². The number of nitrogens with one attached hydrogen (secondary N) is 2. The van der Waals surface area contributed by atoms with Crippen LogP contribution in [0.4, 0.5) is 4.79 Å². The first kappa shape index (κ1) is 17.0. The van der Waals surface area contributed by atoms with Gasteiger partial charge in [-0.15, -0.1) is 0 Å². The molecule has 2 heterocycles. The van der Waals surface area contributed by atoms with Crippen LogP contribution in [-0.4, -0.2) is 32.9 Å². The Morgan fingerprint density at radius 2 is 1.96 bits per heavy atom. The van der Waals surface area contributed by atoms with Gasteiger partial charge in [0.15, 0.2) is 0 Å². The zero-order chi connectivity index (χ0) is 17.8. The minimum absolute atomic E-state index is 0.148. The highest BCUT2D eigenvalue weighted by Gasteiger charge is 2.23. The summed E-state index contributed by atoms with van der Waals surface area (Å²) in [7, 11) is 1.76. The first-order valence-corrected chi connectivity index (χ1v) is 8.41. The van der Waals surface area contributed by atoms with E-state index >= 15 is 0 Å². The van der Waals surface area contributed by atoms with Crippen LogP contribution in [0.2, 0.25) is 0 Å². The van der Waals surface area contributed by atoms with Gasteiger partial charge in [0.2, 0.25) is 0 Å². The van der Waals surface area contributed by atoms with Gasteiger partial charge in [0.25, 0.3) is 0 Å². The molecule has 130 valence electrons. The van der Waals surface area contributed by atoms with Gasteiger partial charge in [-0.3, -0.25) is 4.98 Å². The van der Waals surface area contributed by atoms with E-state index in [4.69, 9.17) is 0 Å². The maximum absolute atomic E-state index is 12.6. The molecule has 3 aromatic rings. The number of carbonyl (C=O) groups is 1. The topological polar surface area (TPSA) is 73.9 Å². The van der Waals surface area contributed by atoms with Crippen LogP contribution in [0.25, 0.3) is 11.0 Å². The van der Waals surface area contributed by atoms with Gasteiger partial charge >= 0.3 is 6.03 Å². The van der Waals surface area contributed by atoms with Crippen LogP contribution in [0.1, 0.15) is 31.4 Å². The number of benzene rings is 1. The van der Waals surface area contributed by atoms with Crippen molar-refractivity contribution in [3.05, 3.63) is 60.2 Å². The second kappa shape index (κ2) is 7.34. The summed E-state index contributed by atoms with van der Waals surface area (Å²) in [5, 5.41) is 3.08. The normalized spacial score (nSPS) is 12.3. The van der Waals surface area contributed by atoms with E-state index < -0.39 is 0 Å². The summed E-state index contributed by atoms with van der Waals surface area (Å²) in [5.41, 5.74) is 2.73. The Balaban J connectivity index is 1.73. The van der Waals surface area contributed by atoms with Crippen LogP contribution in [0.5, 0.6) is 0 Å². The van der Waals surface area contributed by atoms with Crippen LogP contribution in [0.15, 0.2) is 48.7 Å². The molecule has 0 aliphatic carbocycles. The molecule has 6 heteroatoms. The summed E-state index contributed by atoms with van der Waals surface area (Å²) in [4.78, 5) is 26.4. The average molecular weight is 337 g/mol. The fourth-order valence-electron chi connectivity index (χ4n) is 2.72. The first-order chi connectivity index (χ1) is 12.0. The molecule has 0 fully saturated rings. The summed E-state index contributed by atoms with van der Waals surface area (Å²) in [6.45, 7) is 4.59. The number of rotatable bonds is 5. The lowest BCUT2D eigenvalue weighted by Crippen LogP contribution is -2.41. The fourth-order valence-corrected chi connectivity index (χ4v) is 2.72. The Morgan fingerprint density at radius 1 is 1.20 bits per heavy atom. The molecule has 0 bridgehead atoms. The number of hydrogen-bond acceptors (Lipinski definition) is 3. The second-order valence-corrected chi connectivity index (χ2v) is 6.49. The molecule has 2 amide bonds. The zero-order valence-electron chi connectivity index (χ0n) is 14.7. The van der Waals surface area contributed by atoms with Crippen molar-refractivity contribution in [1.29, 1.82) is 0 Å². The highest BCUT2D eigenvalue weighted by atomic mass is 16.2. The summed E-state index contributed by atoms with van der Waals surface area (Å²) >= 11 is 0. The third-order valence-corrected chi connectivity index (χ3v) is 4.12. The largest absolute Gasteiger partial charge is 0.340 e. The van der Waals surface area contributed by atoms with E-state index in [0.717, 1.165) is 22.6 Å². The van der Waals surface area contributed by atoms with Gasteiger partial charge < -0.3 is 15.2 Å². The molecule has 1 aromatic carbocycles. The predicted molar refractivity (Wildman–Crippen MR) is 97.9 cm³/mol. The number of hydrogen-bond donors (Lipinski definition) is 2. The smallest absolute Gasteiger partial charge is 0.318 e. The lowest BCUT2D eigenvalue weighted by atomic mass is 10.0. The van der Waals surface area contributed by atoms with Crippen LogP contribution >= 0.6 is 0 Å². The molecule has 2 aromatic heterocycles. The van der Waals surface area contributed by atoms with E-state index in [1.54, 1.807) is 18.1 Å². The monoisotopic (exact) mass is 337 g/mol. The Hall–Kier alpha value is -2.89. The van der Waals surface area contributed by atoms with Crippen molar-refractivity contribution in [1.82, 2.24) is 25.2 Å². The van der Waals surface area contributed by atoms with E-state index in [2.05, 4.69) is 34.1 Å². The number of H-pyrrole nitrogens is 1. The van der Waals surface area contributed by atoms with E-state index in [9.17, 15) is 4.79 Å². The zero-order valence-corrected chi connectivity index (χ0v) is 14.7. The van der Waals surface area contributed by atoms with E-state index in [1.807, 2.05) is 42.5 Å². The molecule has 2 N–H and O–H groups in total. The third kappa shape index (κ3) is 3.96. The summed E-state index contributed by atoms with van der Waals surface area (Å²) in [6, 6.07) is 13.2. The standard InChI is InChI=1S/C19H23N5O/c1-13(2)17(18-21-15-9-4-5-10-16(15)22-18)23-19(25)24(3)12-14-8-6-7-11-20-14/h4-11,13,17H,12H2,1-3H3,(H,21,22)(H,23,25). The molecule has 6 nitrogen and oxygen atoms in total. The van der Waals surface area contributed by atoms with Crippen molar-refractivity contribution in [3.8, 4) is 0 Å². The van der Waals surface area contributed by atoms with Gasteiger partial charge in [0.05, 0.1) is 29.3 Å². The van der Waals surface area contributed by atoms with Gasteiger partial charge in [-0.2, -0.15) is 0 Å². The number of aromatic nitrogens is 3. The molecule has 0 aliphatic heterocycles. The molecule has 3 rings (SSSR count). The second-order valence-electron chi connectivity index (χ2n) is 6.49. The number of urea groups is 1. The van der Waals surface area contributed by atoms with Crippen molar-refractivity contribution in [2.45, 2.75) is 26.4 Å². The molecule has 1 atom stereocenters. The molecule has 0 saturated carbocycles. The van der Waals surface area contributed by atoms with Gasteiger partial charge in [-0.1, -0.05) is 32.0 Å². The summed E-state index contributed by atoms with van der Waals surface area (Å²) in [5.74, 6) is 0.976. The molecule has 0 saturated heterocycles. The lowest BCUT2D eigenvalue weighted by Gasteiger charge is -2.24. The summed E-state index contributed by atoms with van der Waals surface area (Å²) in [6.07, 6.45) is 1.73. The molecule has 0 aliphatic rings. The molecule has 0 radical (unpaired) electrons. The number of para-hydroxylation sites is 2. The van der Waals surface area contributed by atoms with Crippen molar-refractivity contribution < 1.29 is 4.79 Å². The number of imidazole rings is 1. The number of pyridine rings is 1. The number of aromatic amines is 1. The number of carbonyl (C=O) groups excluding carboxylic acids is 1. The molecular formula is C19H23N5O. The highest BCUT2D eigenvalue weighted by molar-refractivity contribution is 5.76. The van der Waals surface area contributed by atoms with Gasteiger partial charge in [0, 0.05) is 13.2 Å². The minimum atomic E-state index is -0.189. The van der Waals surface area contributed by atoms with Crippen LogP contribution < -0.4 is 5.32 Å². The molecule has 0 spiro atoms.